The smallest absolute Gasteiger partial charge is 0.347 e. The number of aromatic nitrogens is 2. The molecule has 0 N–H and O–H groups in total. The number of hydrogen-bond donors (Lipinski definition) is 0. The molecule has 1 heterocycles. The van der Waals surface area contributed by atoms with E-state index in [1.165, 1.54) is 7.11 Å². The Labute approximate surface area is 173 Å². The minimum Gasteiger partial charge on any atom is -0.465 e. The molecule has 4 rings (SSSR count). The lowest BCUT2D eigenvalue weighted by atomic mass is 10.1. The molecular formula is C24H18N2O4. The van der Waals surface area contributed by atoms with Gasteiger partial charge in [0.2, 0.25) is 0 Å². The molecule has 3 aromatic carbocycles. The zero-order valence-corrected chi connectivity index (χ0v) is 16.2. The van der Waals surface area contributed by atoms with Crippen molar-refractivity contribution in [1.29, 1.82) is 0 Å². The van der Waals surface area contributed by atoms with Crippen LogP contribution in [-0.4, -0.2) is 28.8 Å². The Balaban J connectivity index is 1.67. The summed E-state index contributed by atoms with van der Waals surface area (Å²) in [5.41, 5.74) is 2.87. The van der Waals surface area contributed by atoms with E-state index < -0.39 is 11.9 Å². The van der Waals surface area contributed by atoms with Gasteiger partial charge in [-0.25, -0.2) is 14.3 Å². The molecule has 0 saturated carbocycles. The van der Waals surface area contributed by atoms with Crippen LogP contribution in [0.25, 0.3) is 16.9 Å². The average molecular weight is 398 g/mol. The zero-order valence-electron chi connectivity index (χ0n) is 16.2. The van der Waals surface area contributed by atoms with E-state index in [1.807, 2.05) is 60.7 Å². The fraction of sp³-hybridized carbons (Fsp3) is 0.0417. The van der Waals surface area contributed by atoms with Crippen molar-refractivity contribution < 1.29 is 19.1 Å². The second-order valence-corrected chi connectivity index (χ2v) is 6.44. The zero-order chi connectivity index (χ0) is 20.9. The number of carbonyl (C=O) groups is 2. The van der Waals surface area contributed by atoms with Crippen LogP contribution < -0.4 is 4.74 Å². The lowest BCUT2D eigenvalue weighted by molar-refractivity contribution is 0.0600. The molecule has 0 radical (unpaired) electrons. The van der Waals surface area contributed by atoms with Gasteiger partial charge in [0.15, 0.2) is 0 Å². The highest BCUT2D eigenvalue weighted by Crippen LogP contribution is 2.25. The topological polar surface area (TPSA) is 70.4 Å². The Kier molecular flexibility index (Phi) is 5.39. The first-order chi connectivity index (χ1) is 14.7. The van der Waals surface area contributed by atoms with Gasteiger partial charge in [-0.3, -0.25) is 0 Å². The van der Waals surface area contributed by atoms with Gasteiger partial charge >= 0.3 is 11.9 Å². The molecule has 148 valence electrons. The van der Waals surface area contributed by atoms with Crippen molar-refractivity contribution in [3.63, 3.8) is 0 Å². The molecule has 0 atom stereocenters. The van der Waals surface area contributed by atoms with Crippen molar-refractivity contribution in [2.45, 2.75) is 0 Å². The SMILES string of the molecule is COC(=O)c1ccc(OC(=O)c2cn(-c3ccccc3)nc2-c2ccccc2)cc1. The lowest BCUT2D eigenvalue weighted by Gasteiger charge is -2.05. The summed E-state index contributed by atoms with van der Waals surface area (Å²) in [5.74, 6) is -0.677. The van der Waals surface area contributed by atoms with E-state index in [1.54, 1.807) is 35.1 Å². The molecule has 6 nitrogen and oxygen atoms in total. The lowest BCUT2D eigenvalue weighted by Crippen LogP contribution is -2.09. The molecule has 0 aliphatic heterocycles. The second kappa shape index (κ2) is 8.45. The summed E-state index contributed by atoms with van der Waals surface area (Å²) in [7, 11) is 1.31. The van der Waals surface area contributed by atoms with Crippen LogP contribution in [0.2, 0.25) is 0 Å². The average Bonchev–Trinajstić information content (AvgIpc) is 3.26. The molecule has 0 amide bonds. The van der Waals surface area contributed by atoms with E-state index in [0.717, 1.165) is 11.3 Å². The summed E-state index contributed by atoms with van der Waals surface area (Å²) in [5, 5.41) is 4.62. The van der Waals surface area contributed by atoms with Crippen LogP contribution in [0.3, 0.4) is 0 Å². The van der Waals surface area contributed by atoms with Crippen molar-refractivity contribution in [1.82, 2.24) is 9.78 Å². The van der Waals surface area contributed by atoms with Crippen LogP contribution in [0.15, 0.2) is 91.1 Å². The summed E-state index contributed by atoms with van der Waals surface area (Å²) < 4.78 is 11.9. The molecule has 0 unspecified atom stereocenters. The molecule has 1 aromatic heterocycles. The van der Waals surface area contributed by atoms with E-state index in [9.17, 15) is 9.59 Å². The van der Waals surface area contributed by atoms with Crippen LogP contribution in [0.1, 0.15) is 20.7 Å². The highest BCUT2D eigenvalue weighted by Gasteiger charge is 2.20. The van der Waals surface area contributed by atoms with Crippen molar-refractivity contribution in [2.75, 3.05) is 7.11 Å². The largest absolute Gasteiger partial charge is 0.465 e. The third kappa shape index (κ3) is 3.98. The normalized spacial score (nSPS) is 10.4. The molecule has 0 fully saturated rings. The molecule has 4 aromatic rings. The Morgan fingerprint density at radius 2 is 1.43 bits per heavy atom. The molecule has 0 bridgehead atoms. The van der Waals surface area contributed by atoms with E-state index in [0.29, 0.717) is 22.6 Å². The van der Waals surface area contributed by atoms with Crippen LogP contribution in [0.5, 0.6) is 5.75 Å². The Morgan fingerprint density at radius 3 is 2.07 bits per heavy atom. The van der Waals surface area contributed by atoms with Crippen molar-refractivity contribution in [3.05, 3.63) is 102 Å². The first-order valence-electron chi connectivity index (χ1n) is 9.27. The Bertz CT molecular complexity index is 1170. The number of rotatable bonds is 5. The number of hydrogen-bond acceptors (Lipinski definition) is 5. The Hall–Kier alpha value is -4.19. The van der Waals surface area contributed by atoms with Gasteiger partial charge in [-0.2, -0.15) is 5.10 Å². The Morgan fingerprint density at radius 1 is 0.800 bits per heavy atom. The van der Waals surface area contributed by atoms with E-state index in [2.05, 4.69) is 9.84 Å². The van der Waals surface area contributed by atoms with Gasteiger partial charge in [0.1, 0.15) is 17.0 Å². The van der Waals surface area contributed by atoms with Crippen LogP contribution in [0, 0.1) is 0 Å². The number of methoxy groups -OCH3 is 1. The van der Waals surface area contributed by atoms with E-state index in [4.69, 9.17) is 4.74 Å². The van der Waals surface area contributed by atoms with Crippen LogP contribution in [0.4, 0.5) is 0 Å². The van der Waals surface area contributed by atoms with Gasteiger partial charge < -0.3 is 9.47 Å². The highest BCUT2D eigenvalue weighted by atomic mass is 16.5. The van der Waals surface area contributed by atoms with Gasteiger partial charge in [0.25, 0.3) is 0 Å². The van der Waals surface area contributed by atoms with Gasteiger partial charge in [-0.15, -0.1) is 0 Å². The van der Waals surface area contributed by atoms with Gasteiger partial charge in [0, 0.05) is 11.8 Å². The first-order valence-corrected chi connectivity index (χ1v) is 9.27. The number of ether oxygens (including phenoxy) is 2. The summed E-state index contributed by atoms with van der Waals surface area (Å²) in [6.45, 7) is 0. The van der Waals surface area contributed by atoms with E-state index >= 15 is 0 Å². The molecule has 0 spiro atoms. The van der Waals surface area contributed by atoms with E-state index in [-0.39, 0.29) is 0 Å². The predicted molar refractivity (Wildman–Crippen MR) is 112 cm³/mol. The minimum atomic E-state index is -0.540. The fourth-order valence-electron chi connectivity index (χ4n) is 2.98. The molecular weight excluding hydrogens is 380 g/mol. The molecule has 0 aliphatic rings. The third-order valence-corrected chi connectivity index (χ3v) is 4.49. The van der Waals surface area contributed by atoms with Crippen LogP contribution >= 0.6 is 0 Å². The maximum absolute atomic E-state index is 13.0. The summed E-state index contributed by atoms with van der Waals surface area (Å²) >= 11 is 0. The monoisotopic (exact) mass is 398 g/mol. The van der Waals surface area contributed by atoms with Gasteiger partial charge in [0.05, 0.1) is 18.4 Å². The van der Waals surface area contributed by atoms with Crippen molar-refractivity contribution >= 4 is 11.9 Å². The fourth-order valence-corrected chi connectivity index (χ4v) is 2.98. The maximum Gasteiger partial charge on any atom is 0.347 e. The van der Waals surface area contributed by atoms with Crippen molar-refractivity contribution in [3.8, 4) is 22.7 Å². The molecule has 0 saturated heterocycles. The van der Waals surface area contributed by atoms with Gasteiger partial charge in [-0.1, -0.05) is 48.5 Å². The molecule has 0 aliphatic carbocycles. The summed E-state index contributed by atoms with van der Waals surface area (Å²) in [6.07, 6.45) is 1.66. The summed E-state index contributed by atoms with van der Waals surface area (Å²) in [4.78, 5) is 24.5. The predicted octanol–water partition coefficient (Wildman–Crippen LogP) is 4.55. The quantitative estimate of drug-likeness (QED) is 0.364. The summed E-state index contributed by atoms with van der Waals surface area (Å²) in [6, 6.07) is 25.2. The van der Waals surface area contributed by atoms with Gasteiger partial charge in [-0.05, 0) is 36.4 Å². The number of benzene rings is 3. The maximum atomic E-state index is 13.0. The molecule has 30 heavy (non-hydrogen) atoms. The number of para-hydroxylation sites is 1. The second-order valence-electron chi connectivity index (χ2n) is 6.44. The first kappa shape index (κ1) is 19.1. The standard InChI is InChI=1S/C24H18N2O4/c1-29-23(27)18-12-14-20(15-13-18)30-24(28)21-16-26(19-10-6-3-7-11-19)25-22(21)17-8-4-2-5-9-17/h2-16H,1H3. The van der Waals surface area contributed by atoms with Crippen LogP contribution in [-0.2, 0) is 4.74 Å². The number of carbonyl (C=O) groups excluding carboxylic acids is 2. The minimum absolute atomic E-state index is 0.319. The number of nitrogens with zero attached hydrogens (tertiary/aromatic N) is 2. The van der Waals surface area contributed by atoms with Crippen molar-refractivity contribution in [2.24, 2.45) is 0 Å². The number of esters is 2. The molecule has 6 heteroatoms. The third-order valence-electron chi connectivity index (χ3n) is 4.49. The highest BCUT2D eigenvalue weighted by molar-refractivity contribution is 5.97.